The van der Waals surface area contributed by atoms with E-state index in [2.05, 4.69) is 4.74 Å². The first-order chi connectivity index (χ1) is 7.93. The molecule has 0 aliphatic carbocycles. The van der Waals surface area contributed by atoms with Crippen LogP contribution in [-0.2, 0) is 4.74 Å². The fourth-order valence-corrected chi connectivity index (χ4v) is 1.41. The minimum absolute atomic E-state index is 0.107. The molecule has 0 unspecified atom stereocenters. The van der Waals surface area contributed by atoms with Gasteiger partial charge >= 0.3 is 5.97 Å². The number of rotatable bonds is 2. The van der Waals surface area contributed by atoms with Gasteiger partial charge in [-0.1, -0.05) is 0 Å². The predicted molar refractivity (Wildman–Crippen MR) is 58.7 cm³/mol. The van der Waals surface area contributed by atoms with Crippen LogP contribution in [0.15, 0.2) is 10.9 Å². The van der Waals surface area contributed by atoms with Crippen molar-refractivity contribution < 1.29 is 24.5 Å². The molecule has 0 bridgehead atoms. The van der Waals surface area contributed by atoms with Crippen LogP contribution in [0.2, 0.25) is 0 Å². The Hall–Kier alpha value is -2.24. The summed E-state index contributed by atoms with van der Waals surface area (Å²) >= 11 is 0. The van der Waals surface area contributed by atoms with Gasteiger partial charge in [-0.15, -0.1) is 0 Å². The van der Waals surface area contributed by atoms with Crippen LogP contribution in [0.5, 0.6) is 17.2 Å². The third kappa shape index (κ3) is 2.15. The van der Waals surface area contributed by atoms with E-state index >= 15 is 0 Å². The lowest BCUT2D eigenvalue weighted by Crippen LogP contribution is -2.05. The maximum absolute atomic E-state index is 11.5. The topological polar surface area (TPSA) is 93.1 Å². The molecule has 0 fully saturated rings. The molecule has 0 radical (unpaired) electrons. The Morgan fingerprint density at radius 3 is 2.29 bits per heavy atom. The molecule has 2 N–H and O–H groups in total. The van der Waals surface area contributed by atoms with Crippen LogP contribution < -0.4 is 10.2 Å². The zero-order valence-electron chi connectivity index (χ0n) is 9.60. The van der Waals surface area contributed by atoms with E-state index < -0.39 is 22.9 Å². The average molecular weight is 240 g/mol. The third-order valence-electron chi connectivity index (χ3n) is 2.24. The Morgan fingerprint density at radius 2 is 1.82 bits per heavy atom. The minimum Gasteiger partial charge on any atom is -0.502 e. The summed E-state index contributed by atoms with van der Waals surface area (Å²) in [6, 6.07) is 1.02. The van der Waals surface area contributed by atoms with Gasteiger partial charge in [0.15, 0.2) is 5.75 Å². The molecule has 17 heavy (non-hydrogen) atoms. The summed E-state index contributed by atoms with van der Waals surface area (Å²) in [4.78, 5) is 22.9. The third-order valence-corrected chi connectivity index (χ3v) is 2.24. The highest BCUT2D eigenvalue weighted by atomic mass is 16.5. The van der Waals surface area contributed by atoms with Gasteiger partial charge in [0.05, 0.1) is 14.2 Å². The highest BCUT2D eigenvalue weighted by molar-refractivity contribution is 5.95. The lowest BCUT2D eigenvalue weighted by atomic mass is 10.1. The van der Waals surface area contributed by atoms with Crippen LogP contribution in [0, 0.1) is 6.92 Å². The zero-order chi connectivity index (χ0) is 13.2. The minimum atomic E-state index is -0.875. The fourth-order valence-electron chi connectivity index (χ4n) is 1.41. The van der Waals surface area contributed by atoms with Crippen LogP contribution in [0.25, 0.3) is 0 Å². The molecule has 0 saturated heterocycles. The summed E-state index contributed by atoms with van der Waals surface area (Å²) in [7, 11) is 2.36. The van der Waals surface area contributed by atoms with Gasteiger partial charge in [-0.05, 0) is 18.6 Å². The highest BCUT2D eigenvalue weighted by Crippen LogP contribution is 2.35. The largest absolute Gasteiger partial charge is 0.502 e. The van der Waals surface area contributed by atoms with Crippen LogP contribution in [0.3, 0.4) is 0 Å². The molecule has 1 rings (SSSR count). The van der Waals surface area contributed by atoms with E-state index in [-0.39, 0.29) is 16.9 Å². The number of carbonyl (C=O) groups excluding carboxylic acids is 1. The van der Waals surface area contributed by atoms with Gasteiger partial charge in [0.25, 0.3) is 0 Å². The first-order valence-electron chi connectivity index (χ1n) is 4.66. The Bertz CT molecular complexity index is 520. The van der Waals surface area contributed by atoms with E-state index in [1.165, 1.54) is 14.0 Å². The quantitative estimate of drug-likeness (QED) is 0.734. The second-order valence-electron chi connectivity index (χ2n) is 3.29. The molecule has 1 aromatic carbocycles. The SMILES string of the molecule is COC(=O)c1c(C)cc(=O)c(O)c(O)c1OC. The second-order valence-corrected chi connectivity index (χ2v) is 3.29. The Morgan fingerprint density at radius 1 is 1.24 bits per heavy atom. The predicted octanol–water partition coefficient (Wildman–Crippen LogP) is 0.562. The summed E-state index contributed by atoms with van der Waals surface area (Å²) < 4.78 is 9.35. The maximum atomic E-state index is 11.5. The molecule has 0 aromatic heterocycles. The van der Waals surface area contributed by atoms with E-state index in [0.29, 0.717) is 0 Å². The van der Waals surface area contributed by atoms with Crippen molar-refractivity contribution in [3.63, 3.8) is 0 Å². The van der Waals surface area contributed by atoms with Crippen LogP contribution in [-0.4, -0.2) is 30.4 Å². The van der Waals surface area contributed by atoms with E-state index in [4.69, 9.17) is 4.74 Å². The number of methoxy groups -OCH3 is 2. The molecule has 0 aliphatic heterocycles. The summed E-state index contributed by atoms with van der Waals surface area (Å²) in [6.07, 6.45) is 0. The van der Waals surface area contributed by atoms with Crippen LogP contribution >= 0.6 is 0 Å². The van der Waals surface area contributed by atoms with Gasteiger partial charge in [-0.25, -0.2) is 4.79 Å². The van der Waals surface area contributed by atoms with Crippen molar-refractivity contribution in [2.75, 3.05) is 14.2 Å². The first kappa shape index (κ1) is 12.8. The first-order valence-corrected chi connectivity index (χ1v) is 4.66. The number of esters is 1. The van der Waals surface area contributed by atoms with E-state index in [9.17, 15) is 19.8 Å². The van der Waals surface area contributed by atoms with E-state index in [1.807, 2.05) is 0 Å². The number of carbonyl (C=O) groups is 1. The van der Waals surface area contributed by atoms with Gasteiger partial charge in [0.2, 0.25) is 16.9 Å². The molecule has 1 aromatic rings. The van der Waals surface area contributed by atoms with Crippen LogP contribution in [0.4, 0.5) is 0 Å². The lowest BCUT2D eigenvalue weighted by molar-refractivity contribution is 0.0595. The van der Waals surface area contributed by atoms with Crippen molar-refractivity contribution in [3.05, 3.63) is 27.4 Å². The van der Waals surface area contributed by atoms with Gasteiger partial charge in [-0.3, -0.25) is 4.79 Å². The molecule has 0 saturated carbocycles. The normalized spacial score (nSPS) is 9.82. The number of ether oxygens (including phenoxy) is 2. The van der Waals surface area contributed by atoms with Crippen molar-refractivity contribution in [2.24, 2.45) is 0 Å². The number of aryl methyl sites for hydroxylation is 1. The van der Waals surface area contributed by atoms with Crippen molar-refractivity contribution in [3.8, 4) is 17.2 Å². The summed E-state index contributed by atoms with van der Waals surface area (Å²) in [6.45, 7) is 1.47. The second kappa shape index (κ2) is 4.73. The molecule has 0 heterocycles. The van der Waals surface area contributed by atoms with Crippen molar-refractivity contribution in [1.82, 2.24) is 0 Å². The zero-order valence-corrected chi connectivity index (χ0v) is 9.60. The Balaban J connectivity index is 3.83. The summed E-state index contributed by atoms with van der Waals surface area (Å²) in [5.41, 5.74) is -0.687. The maximum Gasteiger partial charge on any atom is 0.342 e. The molecule has 6 heteroatoms. The number of hydrogen-bond acceptors (Lipinski definition) is 6. The summed E-state index contributed by atoms with van der Waals surface area (Å²) in [5.74, 6) is -2.73. The molecule has 0 amide bonds. The number of aromatic hydroxyl groups is 2. The van der Waals surface area contributed by atoms with E-state index in [1.54, 1.807) is 0 Å². The summed E-state index contributed by atoms with van der Waals surface area (Å²) in [5, 5.41) is 19.0. The molecule has 0 spiro atoms. The van der Waals surface area contributed by atoms with Gasteiger partial charge in [-0.2, -0.15) is 0 Å². The van der Waals surface area contributed by atoms with Gasteiger partial charge in [0, 0.05) is 0 Å². The van der Waals surface area contributed by atoms with Gasteiger partial charge < -0.3 is 19.7 Å². The molecule has 0 atom stereocenters. The van der Waals surface area contributed by atoms with Crippen molar-refractivity contribution >= 4 is 5.97 Å². The fraction of sp³-hybridized carbons (Fsp3) is 0.273. The Labute approximate surface area is 97.0 Å². The molecule has 92 valence electrons. The lowest BCUT2D eigenvalue weighted by Gasteiger charge is -2.07. The molecule has 6 nitrogen and oxygen atoms in total. The monoisotopic (exact) mass is 240 g/mol. The average Bonchev–Trinajstić information content (AvgIpc) is 2.38. The standard InChI is InChI=1S/C11H12O6/c1-5-4-6(12)8(13)9(14)10(16-2)7(5)11(15)17-3/h4H,1-3H3,(H2,12,13,14). The Kier molecular flexibility index (Phi) is 3.57. The van der Waals surface area contributed by atoms with Crippen molar-refractivity contribution in [2.45, 2.75) is 6.92 Å². The van der Waals surface area contributed by atoms with Crippen molar-refractivity contribution in [1.29, 1.82) is 0 Å². The molecule has 0 aliphatic rings. The smallest absolute Gasteiger partial charge is 0.342 e. The highest BCUT2D eigenvalue weighted by Gasteiger charge is 2.22. The van der Waals surface area contributed by atoms with E-state index in [0.717, 1.165) is 13.2 Å². The van der Waals surface area contributed by atoms with Crippen LogP contribution in [0.1, 0.15) is 15.9 Å². The molecular weight excluding hydrogens is 228 g/mol. The van der Waals surface area contributed by atoms with Gasteiger partial charge in [0.1, 0.15) is 5.56 Å². The number of hydrogen-bond donors (Lipinski definition) is 2. The molecular formula is C11H12O6.